The number of nitrogens with zero attached hydrogens (tertiary/aromatic N) is 2. The van der Waals surface area contributed by atoms with Gasteiger partial charge in [0, 0.05) is 11.5 Å². The van der Waals surface area contributed by atoms with E-state index in [-0.39, 0.29) is 12.5 Å². The number of carbonyl (C=O) groups is 1. The predicted octanol–water partition coefficient (Wildman–Crippen LogP) is 2.16. The number of aromatic nitrogens is 2. The minimum atomic E-state index is -0.206. The van der Waals surface area contributed by atoms with E-state index in [1.807, 2.05) is 0 Å². The molecule has 1 heterocycles. The van der Waals surface area contributed by atoms with E-state index in [4.69, 9.17) is 5.11 Å². The molecule has 1 amide bonds. The molecule has 2 aromatic rings. The van der Waals surface area contributed by atoms with Crippen molar-refractivity contribution in [2.75, 3.05) is 5.32 Å². The summed E-state index contributed by atoms with van der Waals surface area (Å²) in [7, 11) is 0. The number of hydrogen-bond donors (Lipinski definition) is 2. The summed E-state index contributed by atoms with van der Waals surface area (Å²) in [5, 5.41) is 21.3. The summed E-state index contributed by atoms with van der Waals surface area (Å²) < 4.78 is 0. The Hall–Kier alpha value is -1.79. The third-order valence-electron chi connectivity index (χ3n) is 2.99. The van der Waals surface area contributed by atoms with Crippen LogP contribution in [0, 0.1) is 0 Å². The van der Waals surface area contributed by atoms with Crippen LogP contribution in [0.1, 0.15) is 39.7 Å². The van der Waals surface area contributed by atoms with E-state index in [1.165, 1.54) is 24.2 Å². The first-order valence-electron chi connectivity index (χ1n) is 6.11. The van der Waals surface area contributed by atoms with Gasteiger partial charge in [-0.3, -0.25) is 10.1 Å². The van der Waals surface area contributed by atoms with Crippen LogP contribution in [-0.4, -0.2) is 21.2 Å². The predicted molar refractivity (Wildman–Crippen MR) is 72.2 cm³/mol. The second kappa shape index (κ2) is 5.07. The molecule has 0 aliphatic heterocycles. The highest BCUT2D eigenvalue weighted by molar-refractivity contribution is 7.15. The first-order valence-corrected chi connectivity index (χ1v) is 6.92. The fourth-order valence-corrected chi connectivity index (χ4v) is 2.62. The molecule has 0 unspecified atom stereocenters. The minimum absolute atomic E-state index is 0.0248. The van der Waals surface area contributed by atoms with E-state index in [1.54, 1.807) is 24.3 Å². The second-order valence-corrected chi connectivity index (χ2v) is 5.54. The van der Waals surface area contributed by atoms with Crippen LogP contribution in [0.25, 0.3) is 0 Å². The standard InChI is InChI=1S/C13H13N3O2S/c17-7-8-1-3-9(4-2-8)11(18)14-13-16-15-12(19-13)10-5-6-10/h1-4,10,17H,5-7H2,(H,14,16,18). The lowest BCUT2D eigenvalue weighted by atomic mass is 10.1. The van der Waals surface area contributed by atoms with Crippen LogP contribution in [0.5, 0.6) is 0 Å². The van der Waals surface area contributed by atoms with Crippen molar-refractivity contribution in [1.82, 2.24) is 10.2 Å². The summed E-state index contributed by atoms with van der Waals surface area (Å²) in [5.41, 5.74) is 1.32. The van der Waals surface area contributed by atoms with Gasteiger partial charge in [0.1, 0.15) is 5.01 Å². The molecule has 98 valence electrons. The van der Waals surface area contributed by atoms with Gasteiger partial charge in [0.05, 0.1) is 6.61 Å². The normalized spacial score (nSPS) is 14.4. The van der Waals surface area contributed by atoms with Crippen LogP contribution in [0.3, 0.4) is 0 Å². The monoisotopic (exact) mass is 275 g/mol. The third-order valence-corrected chi connectivity index (χ3v) is 3.99. The Bertz CT molecular complexity index is 590. The first-order chi connectivity index (χ1) is 9.26. The number of amides is 1. The van der Waals surface area contributed by atoms with E-state index in [2.05, 4.69) is 15.5 Å². The lowest BCUT2D eigenvalue weighted by Gasteiger charge is -2.02. The van der Waals surface area contributed by atoms with Gasteiger partial charge in [0.15, 0.2) is 0 Å². The fourth-order valence-electron chi connectivity index (χ4n) is 1.71. The molecular formula is C13H13N3O2S. The van der Waals surface area contributed by atoms with Crippen molar-refractivity contribution in [3.05, 3.63) is 40.4 Å². The van der Waals surface area contributed by atoms with Gasteiger partial charge in [-0.1, -0.05) is 23.5 Å². The van der Waals surface area contributed by atoms with Crippen LogP contribution in [-0.2, 0) is 6.61 Å². The Morgan fingerprint density at radius 2 is 2.05 bits per heavy atom. The van der Waals surface area contributed by atoms with Crippen LogP contribution >= 0.6 is 11.3 Å². The lowest BCUT2D eigenvalue weighted by Crippen LogP contribution is -2.11. The van der Waals surface area contributed by atoms with E-state index in [0.717, 1.165) is 10.6 Å². The second-order valence-electron chi connectivity index (χ2n) is 4.53. The smallest absolute Gasteiger partial charge is 0.257 e. The molecule has 5 nitrogen and oxygen atoms in total. The van der Waals surface area contributed by atoms with Crippen molar-refractivity contribution < 1.29 is 9.90 Å². The molecule has 1 saturated carbocycles. The topological polar surface area (TPSA) is 75.1 Å². The van der Waals surface area contributed by atoms with Gasteiger partial charge in [0.25, 0.3) is 5.91 Å². The molecule has 2 N–H and O–H groups in total. The lowest BCUT2D eigenvalue weighted by molar-refractivity contribution is 0.102. The number of hydrogen-bond acceptors (Lipinski definition) is 5. The molecular weight excluding hydrogens is 262 g/mol. The van der Waals surface area contributed by atoms with Crippen LogP contribution < -0.4 is 5.32 Å². The molecule has 0 radical (unpaired) electrons. The highest BCUT2D eigenvalue weighted by Crippen LogP contribution is 2.42. The molecule has 0 saturated heterocycles. The van der Waals surface area contributed by atoms with Crippen molar-refractivity contribution >= 4 is 22.4 Å². The van der Waals surface area contributed by atoms with Gasteiger partial charge in [-0.05, 0) is 30.5 Å². The molecule has 0 atom stereocenters. The maximum absolute atomic E-state index is 12.0. The average molecular weight is 275 g/mol. The number of benzene rings is 1. The summed E-state index contributed by atoms with van der Waals surface area (Å²) in [6, 6.07) is 6.82. The Labute approximate surface area is 114 Å². The number of anilines is 1. The van der Waals surface area contributed by atoms with Gasteiger partial charge in [-0.15, -0.1) is 10.2 Å². The zero-order valence-electron chi connectivity index (χ0n) is 10.2. The Kier molecular flexibility index (Phi) is 3.27. The van der Waals surface area contributed by atoms with Gasteiger partial charge in [-0.2, -0.15) is 0 Å². The third kappa shape index (κ3) is 2.80. The number of nitrogens with one attached hydrogen (secondary N) is 1. The number of aliphatic hydroxyl groups excluding tert-OH is 1. The fraction of sp³-hybridized carbons (Fsp3) is 0.308. The van der Waals surface area contributed by atoms with E-state index < -0.39 is 0 Å². The van der Waals surface area contributed by atoms with E-state index in [0.29, 0.717) is 16.6 Å². The Morgan fingerprint density at radius 1 is 1.32 bits per heavy atom. The molecule has 1 aliphatic rings. The summed E-state index contributed by atoms with van der Waals surface area (Å²) >= 11 is 1.44. The molecule has 6 heteroatoms. The molecule has 0 bridgehead atoms. The zero-order chi connectivity index (χ0) is 13.2. The Morgan fingerprint density at radius 3 is 2.68 bits per heavy atom. The molecule has 0 spiro atoms. The maximum atomic E-state index is 12.0. The van der Waals surface area contributed by atoms with Crippen LogP contribution in [0.2, 0.25) is 0 Å². The number of aliphatic hydroxyl groups is 1. The highest BCUT2D eigenvalue weighted by Gasteiger charge is 2.27. The molecule has 1 fully saturated rings. The SMILES string of the molecule is O=C(Nc1nnc(C2CC2)s1)c1ccc(CO)cc1. The molecule has 3 rings (SSSR count). The molecule has 19 heavy (non-hydrogen) atoms. The van der Waals surface area contributed by atoms with Gasteiger partial charge in [-0.25, -0.2) is 0 Å². The Balaban J connectivity index is 1.68. The highest BCUT2D eigenvalue weighted by atomic mass is 32.1. The van der Waals surface area contributed by atoms with Gasteiger partial charge >= 0.3 is 0 Å². The van der Waals surface area contributed by atoms with E-state index in [9.17, 15) is 4.79 Å². The quantitative estimate of drug-likeness (QED) is 0.896. The first kappa shape index (κ1) is 12.3. The van der Waals surface area contributed by atoms with Gasteiger partial charge < -0.3 is 5.11 Å². The molecule has 1 aliphatic carbocycles. The summed E-state index contributed by atoms with van der Waals surface area (Å²) in [5.74, 6) is 0.343. The minimum Gasteiger partial charge on any atom is -0.392 e. The van der Waals surface area contributed by atoms with Crippen molar-refractivity contribution in [2.45, 2.75) is 25.4 Å². The van der Waals surface area contributed by atoms with Crippen molar-refractivity contribution in [2.24, 2.45) is 0 Å². The molecule has 1 aromatic heterocycles. The maximum Gasteiger partial charge on any atom is 0.257 e. The summed E-state index contributed by atoms with van der Waals surface area (Å²) in [4.78, 5) is 12.0. The van der Waals surface area contributed by atoms with Crippen LogP contribution in [0.4, 0.5) is 5.13 Å². The summed E-state index contributed by atoms with van der Waals surface area (Å²) in [6.45, 7) is -0.0248. The number of carbonyl (C=O) groups excluding carboxylic acids is 1. The van der Waals surface area contributed by atoms with Crippen molar-refractivity contribution in [3.8, 4) is 0 Å². The average Bonchev–Trinajstić information content (AvgIpc) is 3.20. The van der Waals surface area contributed by atoms with Gasteiger partial charge in [0.2, 0.25) is 5.13 Å². The van der Waals surface area contributed by atoms with E-state index >= 15 is 0 Å². The zero-order valence-corrected chi connectivity index (χ0v) is 11.0. The van der Waals surface area contributed by atoms with Crippen molar-refractivity contribution in [1.29, 1.82) is 0 Å². The van der Waals surface area contributed by atoms with Crippen molar-refractivity contribution in [3.63, 3.8) is 0 Å². The summed E-state index contributed by atoms with van der Waals surface area (Å²) in [6.07, 6.45) is 2.34. The molecule has 1 aromatic carbocycles. The largest absolute Gasteiger partial charge is 0.392 e. The van der Waals surface area contributed by atoms with Crippen LogP contribution in [0.15, 0.2) is 24.3 Å². The number of rotatable bonds is 4.